The second-order valence-corrected chi connectivity index (χ2v) is 5.11. The van der Waals surface area contributed by atoms with Gasteiger partial charge in [-0.2, -0.15) is 5.10 Å². The van der Waals surface area contributed by atoms with Gasteiger partial charge in [0.05, 0.1) is 23.4 Å². The van der Waals surface area contributed by atoms with Gasteiger partial charge < -0.3 is 10.2 Å². The molecule has 1 fully saturated rings. The number of aliphatic hydroxyl groups excluding tert-OH is 2. The zero-order valence-corrected chi connectivity index (χ0v) is 11.0. The predicted molar refractivity (Wildman–Crippen MR) is 72.7 cm³/mol. The van der Waals surface area contributed by atoms with Crippen molar-refractivity contribution in [1.82, 2.24) is 14.7 Å². The van der Waals surface area contributed by atoms with Crippen LogP contribution in [0.5, 0.6) is 0 Å². The molecule has 3 rings (SSSR count). The highest BCUT2D eigenvalue weighted by atomic mass is 16.3. The van der Waals surface area contributed by atoms with Crippen LogP contribution >= 0.6 is 0 Å². The number of para-hydroxylation sites is 1. The molecule has 0 radical (unpaired) electrons. The predicted octanol–water partition coefficient (Wildman–Crippen LogP) is 0.594. The van der Waals surface area contributed by atoms with E-state index in [0.717, 1.165) is 23.1 Å². The molecule has 1 aromatic carbocycles. The summed E-state index contributed by atoms with van der Waals surface area (Å²) in [5.74, 6) is 0. The van der Waals surface area contributed by atoms with Gasteiger partial charge in [0.15, 0.2) is 0 Å². The minimum Gasteiger partial charge on any atom is -0.389 e. The third kappa shape index (κ3) is 2.25. The van der Waals surface area contributed by atoms with Gasteiger partial charge in [-0.1, -0.05) is 18.2 Å². The van der Waals surface area contributed by atoms with E-state index in [4.69, 9.17) is 0 Å². The number of aliphatic hydroxyl groups is 2. The van der Waals surface area contributed by atoms with E-state index < -0.39 is 12.2 Å². The lowest BCUT2D eigenvalue weighted by Crippen LogP contribution is -2.22. The molecule has 5 nitrogen and oxygen atoms in total. The van der Waals surface area contributed by atoms with Crippen molar-refractivity contribution in [3.8, 4) is 0 Å². The maximum Gasteiger partial charge on any atom is 0.0938 e. The summed E-state index contributed by atoms with van der Waals surface area (Å²) in [5.41, 5.74) is 2.15. The summed E-state index contributed by atoms with van der Waals surface area (Å²) >= 11 is 0. The van der Waals surface area contributed by atoms with E-state index in [9.17, 15) is 10.2 Å². The first-order valence-electron chi connectivity index (χ1n) is 6.72. The first kappa shape index (κ1) is 12.6. The van der Waals surface area contributed by atoms with E-state index in [-0.39, 0.29) is 0 Å². The second kappa shape index (κ2) is 4.92. The molecular formula is C14H19N3O2. The van der Waals surface area contributed by atoms with Crippen molar-refractivity contribution in [3.05, 3.63) is 30.0 Å². The van der Waals surface area contributed by atoms with Crippen LogP contribution in [0.3, 0.4) is 0 Å². The fraction of sp³-hybridized carbons (Fsp3) is 0.500. The molecule has 5 heteroatoms. The summed E-state index contributed by atoms with van der Waals surface area (Å²) in [4.78, 5) is 2.05. The van der Waals surface area contributed by atoms with E-state index in [2.05, 4.69) is 24.2 Å². The minimum absolute atomic E-state index is 0.508. The fourth-order valence-electron chi connectivity index (χ4n) is 2.74. The Kier molecular flexibility index (Phi) is 3.26. The van der Waals surface area contributed by atoms with Crippen molar-refractivity contribution in [2.45, 2.75) is 32.2 Å². The molecule has 2 atom stereocenters. The maximum absolute atomic E-state index is 9.59. The normalized spacial score (nSPS) is 24.4. The highest BCUT2D eigenvalue weighted by Gasteiger charge is 2.30. The molecular weight excluding hydrogens is 242 g/mol. The Bertz CT molecular complexity index is 571. The van der Waals surface area contributed by atoms with Gasteiger partial charge >= 0.3 is 0 Å². The van der Waals surface area contributed by atoms with Crippen LogP contribution in [-0.4, -0.2) is 50.2 Å². The average Bonchev–Trinajstić information content (AvgIpc) is 2.92. The van der Waals surface area contributed by atoms with Gasteiger partial charge in [0, 0.05) is 31.6 Å². The molecule has 0 aliphatic carbocycles. The van der Waals surface area contributed by atoms with Crippen molar-refractivity contribution in [1.29, 1.82) is 0 Å². The van der Waals surface area contributed by atoms with E-state index >= 15 is 0 Å². The van der Waals surface area contributed by atoms with Gasteiger partial charge in [-0.25, -0.2) is 0 Å². The Hall–Kier alpha value is -1.43. The number of benzene rings is 1. The zero-order chi connectivity index (χ0) is 13.4. The van der Waals surface area contributed by atoms with Crippen LogP contribution in [0.2, 0.25) is 0 Å². The summed E-state index contributed by atoms with van der Waals surface area (Å²) in [6.07, 6.45) is -1.28. The molecule has 2 heterocycles. The van der Waals surface area contributed by atoms with Crippen molar-refractivity contribution in [2.24, 2.45) is 0 Å². The molecule has 1 aliphatic heterocycles. The van der Waals surface area contributed by atoms with Crippen molar-refractivity contribution >= 4 is 10.9 Å². The fourth-order valence-corrected chi connectivity index (χ4v) is 2.74. The number of fused-ring (bicyclic) bond motifs is 1. The maximum atomic E-state index is 9.59. The number of hydrogen-bond acceptors (Lipinski definition) is 4. The molecule has 1 aliphatic rings. The number of β-amino-alcohol motifs (C(OH)–C–C–N with tert-alkyl or cyclic N) is 2. The van der Waals surface area contributed by atoms with Gasteiger partial charge in [-0.3, -0.25) is 9.58 Å². The molecule has 19 heavy (non-hydrogen) atoms. The number of likely N-dealkylation sites (tertiary alicyclic amines) is 1. The number of aromatic nitrogens is 2. The quantitative estimate of drug-likeness (QED) is 0.849. The van der Waals surface area contributed by atoms with Gasteiger partial charge in [-0.05, 0) is 13.0 Å². The zero-order valence-electron chi connectivity index (χ0n) is 11.0. The molecule has 2 unspecified atom stereocenters. The molecule has 0 spiro atoms. The van der Waals surface area contributed by atoms with Gasteiger partial charge in [0.2, 0.25) is 0 Å². The number of aryl methyl sites for hydroxylation is 1. The summed E-state index contributed by atoms with van der Waals surface area (Å²) in [5, 5.41) is 25.0. The van der Waals surface area contributed by atoms with E-state index in [0.29, 0.717) is 19.6 Å². The standard InChI is InChI=1S/C14H19N3O2/c1-2-17-12-6-4-3-5-10(12)11(15-17)7-16-8-13(18)14(19)9-16/h3-6,13-14,18-19H,2,7-9H2,1H3. The van der Waals surface area contributed by atoms with Gasteiger partial charge in [0.1, 0.15) is 0 Å². The van der Waals surface area contributed by atoms with Crippen molar-refractivity contribution < 1.29 is 10.2 Å². The molecule has 0 saturated carbocycles. The monoisotopic (exact) mass is 261 g/mol. The van der Waals surface area contributed by atoms with E-state index in [1.807, 2.05) is 21.7 Å². The molecule has 0 amide bonds. The Labute approximate surface area is 112 Å². The van der Waals surface area contributed by atoms with Gasteiger partial charge in [-0.15, -0.1) is 0 Å². The molecule has 2 N–H and O–H groups in total. The lowest BCUT2D eigenvalue weighted by Gasteiger charge is -2.12. The summed E-state index contributed by atoms with van der Waals surface area (Å²) < 4.78 is 1.99. The molecule has 102 valence electrons. The first-order valence-corrected chi connectivity index (χ1v) is 6.72. The Balaban J connectivity index is 1.89. The lowest BCUT2D eigenvalue weighted by molar-refractivity contribution is 0.0572. The van der Waals surface area contributed by atoms with Crippen LogP contribution in [0.25, 0.3) is 10.9 Å². The highest BCUT2D eigenvalue weighted by Crippen LogP contribution is 2.21. The number of nitrogens with zero attached hydrogens (tertiary/aromatic N) is 3. The molecule has 1 aromatic heterocycles. The summed E-state index contributed by atoms with van der Waals surface area (Å²) in [6.45, 7) is 4.60. The largest absolute Gasteiger partial charge is 0.389 e. The Morgan fingerprint density at radius 3 is 2.58 bits per heavy atom. The van der Waals surface area contributed by atoms with Crippen molar-refractivity contribution in [2.75, 3.05) is 13.1 Å². The van der Waals surface area contributed by atoms with Crippen LogP contribution in [0.4, 0.5) is 0 Å². The van der Waals surface area contributed by atoms with Crippen LogP contribution in [0.1, 0.15) is 12.6 Å². The van der Waals surface area contributed by atoms with E-state index in [1.54, 1.807) is 0 Å². The van der Waals surface area contributed by atoms with Crippen LogP contribution in [-0.2, 0) is 13.1 Å². The van der Waals surface area contributed by atoms with Crippen LogP contribution in [0.15, 0.2) is 24.3 Å². The molecule has 0 bridgehead atoms. The third-order valence-corrected chi connectivity index (χ3v) is 3.74. The Morgan fingerprint density at radius 1 is 1.21 bits per heavy atom. The van der Waals surface area contributed by atoms with Gasteiger partial charge in [0.25, 0.3) is 0 Å². The smallest absolute Gasteiger partial charge is 0.0938 e. The molecule has 2 aromatic rings. The summed E-state index contributed by atoms with van der Waals surface area (Å²) in [7, 11) is 0. The topological polar surface area (TPSA) is 61.5 Å². The minimum atomic E-state index is -0.639. The highest BCUT2D eigenvalue weighted by molar-refractivity contribution is 5.81. The first-order chi connectivity index (χ1) is 9.19. The number of rotatable bonds is 3. The van der Waals surface area contributed by atoms with Crippen molar-refractivity contribution in [3.63, 3.8) is 0 Å². The average molecular weight is 261 g/mol. The van der Waals surface area contributed by atoms with Crippen LogP contribution in [0, 0.1) is 0 Å². The SMILES string of the molecule is CCn1nc(CN2CC(O)C(O)C2)c2ccccc21. The second-order valence-electron chi connectivity index (χ2n) is 5.11. The Morgan fingerprint density at radius 2 is 1.89 bits per heavy atom. The number of hydrogen-bond donors (Lipinski definition) is 2. The lowest BCUT2D eigenvalue weighted by atomic mass is 10.2. The molecule has 1 saturated heterocycles. The van der Waals surface area contributed by atoms with E-state index in [1.165, 1.54) is 0 Å². The van der Waals surface area contributed by atoms with Crippen LogP contribution < -0.4 is 0 Å². The third-order valence-electron chi connectivity index (χ3n) is 3.74. The summed E-state index contributed by atoms with van der Waals surface area (Å²) in [6, 6.07) is 8.18.